The molecule has 2 unspecified atom stereocenters. The highest BCUT2D eigenvalue weighted by Crippen LogP contribution is 2.34. The number of hydrogen-bond acceptors (Lipinski definition) is 5. The maximum atomic E-state index is 13.9. The Morgan fingerprint density at radius 1 is 1.27 bits per heavy atom. The van der Waals surface area contributed by atoms with E-state index >= 15 is 0 Å². The number of pyridine rings is 1. The van der Waals surface area contributed by atoms with Gasteiger partial charge in [-0.25, -0.2) is 9.37 Å². The van der Waals surface area contributed by atoms with Crippen molar-refractivity contribution >= 4 is 5.82 Å². The van der Waals surface area contributed by atoms with Gasteiger partial charge in [0.25, 0.3) is 0 Å². The molecular formula is C16H19FN4O. The lowest BCUT2D eigenvalue weighted by molar-refractivity contribution is 0.293. The fraction of sp³-hybridized carbons (Fsp3) is 0.500. The van der Waals surface area contributed by atoms with Crippen molar-refractivity contribution in [3.8, 4) is 0 Å². The SMILES string of the molecule is Cc1cc(CN2CC3CN(c4ncccc4F)CC3C2)no1. The Bertz CT molecular complexity index is 660. The van der Waals surface area contributed by atoms with Gasteiger partial charge in [-0.3, -0.25) is 4.90 Å². The van der Waals surface area contributed by atoms with Crippen molar-refractivity contribution in [2.45, 2.75) is 13.5 Å². The minimum atomic E-state index is -0.225. The molecular weight excluding hydrogens is 283 g/mol. The van der Waals surface area contributed by atoms with Crippen molar-refractivity contribution < 1.29 is 8.91 Å². The second-order valence-corrected chi connectivity index (χ2v) is 6.36. The number of fused-ring (bicyclic) bond motifs is 1. The summed E-state index contributed by atoms with van der Waals surface area (Å²) in [5.74, 6) is 2.28. The Morgan fingerprint density at radius 2 is 2.05 bits per heavy atom. The van der Waals surface area contributed by atoms with Crippen molar-refractivity contribution in [2.75, 3.05) is 31.1 Å². The molecule has 0 spiro atoms. The van der Waals surface area contributed by atoms with E-state index in [1.807, 2.05) is 13.0 Å². The zero-order valence-electron chi connectivity index (χ0n) is 12.6. The van der Waals surface area contributed by atoms with Crippen LogP contribution < -0.4 is 4.90 Å². The number of rotatable bonds is 3. The van der Waals surface area contributed by atoms with E-state index in [1.54, 1.807) is 12.3 Å². The van der Waals surface area contributed by atoms with Gasteiger partial charge >= 0.3 is 0 Å². The van der Waals surface area contributed by atoms with Gasteiger partial charge in [-0.2, -0.15) is 0 Å². The van der Waals surface area contributed by atoms with Crippen LogP contribution in [0.3, 0.4) is 0 Å². The molecule has 0 N–H and O–H groups in total. The third kappa shape index (κ3) is 2.47. The van der Waals surface area contributed by atoms with Gasteiger partial charge in [-0.1, -0.05) is 5.16 Å². The van der Waals surface area contributed by atoms with Crippen LogP contribution in [0.2, 0.25) is 0 Å². The zero-order valence-corrected chi connectivity index (χ0v) is 12.6. The predicted octanol–water partition coefficient (Wildman–Crippen LogP) is 2.09. The average Bonchev–Trinajstić information content (AvgIpc) is 3.14. The molecule has 0 saturated carbocycles. The number of halogens is 1. The fourth-order valence-corrected chi connectivity index (χ4v) is 3.72. The molecule has 0 bridgehead atoms. The van der Waals surface area contributed by atoms with Crippen LogP contribution in [0.4, 0.5) is 10.2 Å². The second kappa shape index (κ2) is 5.35. The second-order valence-electron chi connectivity index (χ2n) is 6.36. The first-order valence-electron chi connectivity index (χ1n) is 7.69. The van der Waals surface area contributed by atoms with Crippen LogP contribution in [0, 0.1) is 24.6 Å². The Hall–Kier alpha value is -1.95. The molecule has 116 valence electrons. The summed E-state index contributed by atoms with van der Waals surface area (Å²) in [4.78, 5) is 8.69. The Balaban J connectivity index is 1.39. The molecule has 2 fully saturated rings. The normalized spacial score (nSPS) is 24.9. The molecule has 2 aromatic heterocycles. The number of anilines is 1. The van der Waals surface area contributed by atoms with E-state index in [0.29, 0.717) is 17.7 Å². The van der Waals surface area contributed by atoms with E-state index in [0.717, 1.165) is 44.2 Å². The van der Waals surface area contributed by atoms with Crippen molar-refractivity contribution in [3.63, 3.8) is 0 Å². The Labute approximate surface area is 128 Å². The van der Waals surface area contributed by atoms with Crippen molar-refractivity contribution in [1.29, 1.82) is 0 Å². The summed E-state index contributed by atoms with van der Waals surface area (Å²) < 4.78 is 19.0. The van der Waals surface area contributed by atoms with Gasteiger partial charge in [0.15, 0.2) is 11.6 Å². The lowest BCUT2D eigenvalue weighted by Crippen LogP contribution is -2.29. The third-order valence-corrected chi connectivity index (χ3v) is 4.66. The molecule has 4 heterocycles. The Morgan fingerprint density at radius 3 is 2.68 bits per heavy atom. The summed E-state index contributed by atoms with van der Waals surface area (Å²) in [7, 11) is 0. The van der Waals surface area contributed by atoms with E-state index in [1.165, 1.54) is 6.07 Å². The number of hydrogen-bond donors (Lipinski definition) is 0. The highest BCUT2D eigenvalue weighted by Gasteiger charge is 2.41. The summed E-state index contributed by atoms with van der Waals surface area (Å²) in [5.41, 5.74) is 0.991. The standard InChI is InChI=1S/C16H19FN4O/c1-11-5-14(19-22-11)10-20-6-12-8-21(9-13(12)7-20)16-15(17)3-2-4-18-16/h2-5,12-13H,6-10H2,1H3. The van der Waals surface area contributed by atoms with Crippen LogP contribution in [-0.2, 0) is 6.54 Å². The molecule has 6 heteroatoms. The summed E-state index contributed by atoms with van der Waals surface area (Å²) in [6.45, 7) is 6.57. The van der Waals surface area contributed by atoms with Crippen molar-refractivity contribution in [1.82, 2.24) is 15.0 Å². The molecule has 0 aliphatic carbocycles. The minimum absolute atomic E-state index is 0.225. The molecule has 2 aliphatic heterocycles. The van der Waals surface area contributed by atoms with Gasteiger partial charge in [0.1, 0.15) is 5.76 Å². The van der Waals surface area contributed by atoms with Crippen molar-refractivity contribution in [3.05, 3.63) is 41.7 Å². The van der Waals surface area contributed by atoms with Gasteiger partial charge in [-0.15, -0.1) is 0 Å². The highest BCUT2D eigenvalue weighted by molar-refractivity contribution is 5.41. The summed E-state index contributed by atoms with van der Waals surface area (Å²) >= 11 is 0. The fourth-order valence-electron chi connectivity index (χ4n) is 3.72. The predicted molar refractivity (Wildman–Crippen MR) is 79.9 cm³/mol. The van der Waals surface area contributed by atoms with Gasteiger partial charge in [0.2, 0.25) is 0 Å². The summed E-state index contributed by atoms with van der Waals surface area (Å²) in [5, 5.41) is 4.06. The van der Waals surface area contributed by atoms with E-state index in [2.05, 4.69) is 19.9 Å². The average molecular weight is 302 g/mol. The lowest BCUT2D eigenvalue weighted by atomic mass is 10.0. The molecule has 2 aliphatic rings. The zero-order chi connectivity index (χ0) is 15.1. The van der Waals surface area contributed by atoms with Crippen LogP contribution in [0.1, 0.15) is 11.5 Å². The van der Waals surface area contributed by atoms with Crippen LogP contribution >= 0.6 is 0 Å². The molecule has 0 radical (unpaired) electrons. The van der Waals surface area contributed by atoms with Crippen LogP contribution in [-0.4, -0.2) is 41.2 Å². The van der Waals surface area contributed by atoms with Crippen LogP contribution in [0.5, 0.6) is 0 Å². The maximum absolute atomic E-state index is 13.9. The van der Waals surface area contributed by atoms with Gasteiger partial charge in [-0.05, 0) is 30.9 Å². The number of aryl methyl sites for hydroxylation is 1. The highest BCUT2D eigenvalue weighted by atomic mass is 19.1. The van der Waals surface area contributed by atoms with E-state index < -0.39 is 0 Å². The quantitative estimate of drug-likeness (QED) is 0.868. The third-order valence-electron chi connectivity index (χ3n) is 4.66. The van der Waals surface area contributed by atoms with Gasteiger partial charge < -0.3 is 9.42 Å². The first-order valence-corrected chi connectivity index (χ1v) is 7.69. The van der Waals surface area contributed by atoms with E-state index in [9.17, 15) is 4.39 Å². The summed E-state index contributed by atoms with van der Waals surface area (Å²) in [6.07, 6.45) is 1.66. The molecule has 2 aromatic rings. The van der Waals surface area contributed by atoms with Crippen LogP contribution in [0.25, 0.3) is 0 Å². The monoisotopic (exact) mass is 302 g/mol. The smallest absolute Gasteiger partial charge is 0.165 e. The topological polar surface area (TPSA) is 45.4 Å². The number of aromatic nitrogens is 2. The van der Waals surface area contributed by atoms with Crippen molar-refractivity contribution in [2.24, 2.45) is 11.8 Å². The lowest BCUT2D eigenvalue weighted by Gasteiger charge is -2.21. The number of likely N-dealkylation sites (tertiary alicyclic amines) is 1. The maximum Gasteiger partial charge on any atom is 0.165 e. The first-order chi connectivity index (χ1) is 10.7. The van der Waals surface area contributed by atoms with Crippen LogP contribution in [0.15, 0.2) is 28.9 Å². The van der Waals surface area contributed by atoms with Gasteiger partial charge in [0.05, 0.1) is 5.69 Å². The molecule has 4 rings (SSSR count). The Kier molecular flexibility index (Phi) is 3.33. The molecule has 5 nitrogen and oxygen atoms in total. The largest absolute Gasteiger partial charge is 0.361 e. The molecule has 0 aromatic carbocycles. The number of nitrogens with zero attached hydrogens (tertiary/aromatic N) is 4. The molecule has 0 amide bonds. The molecule has 2 atom stereocenters. The molecule has 2 saturated heterocycles. The van der Waals surface area contributed by atoms with E-state index in [-0.39, 0.29) is 5.82 Å². The summed E-state index contributed by atoms with van der Waals surface area (Å²) in [6, 6.07) is 5.11. The minimum Gasteiger partial charge on any atom is -0.361 e. The van der Waals surface area contributed by atoms with E-state index in [4.69, 9.17) is 4.52 Å². The van der Waals surface area contributed by atoms with Gasteiger partial charge in [0, 0.05) is 45.0 Å². The first kappa shape index (κ1) is 13.7. The molecule has 22 heavy (non-hydrogen) atoms.